The van der Waals surface area contributed by atoms with Gasteiger partial charge in [0.15, 0.2) is 0 Å². The third kappa shape index (κ3) is 5.99. The number of thioether (sulfide) groups is 2. The van der Waals surface area contributed by atoms with Crippen molar-refractivity contribution >= 4 is 86.5 Å². The smallest absolute Gasteiger partial charge is 0.323 e. The Morgan fingerprint density at radius 3 is 2.24 bits per heavy atom. The van der Waals surface area contributed by atoms with Crippen LogP contribution < -0.4 is 9.80 Å². The Kier molecular flexibility index (Phi) is 8.93. The van der Waals surface area contributed by atoms with Crippen LogP contribution in [0.4, 0.5) is 28.4 Å². The van der Waals surface area contributed by atoms with Crippen LogP contribution in [0.1, 0.15) is 43.2 Å². The van der Waals surface area contributed by atoms with E-state index in [1.165, 1.54) is 46.9 Å². The lowest BCUT2D eigenvalue weighted by atomic mass is 9.96. The lowest BCUT2D eigenvalue weighted by molar-refractivity contribution is -0.137. The van der Waals surface area contributed by atoms with Crippen molar-refractivity contribution in [2.45, 2.75) is 38.1 Å². The topological polar surface area (TPSA) is 67.3 Å². The highest BCUT2D eigenvalue weighted by atomic mass is 32.2. The van der Waals surface area contributed by atoms with Gasteiger partial charge < -0.3 is 19.8 Å². The first-order valence-electron chi connectivity index (χ1n) is 17.0. The van der Waals surface area contributed by atoms with E-state index in [-0.39, 0.29) is 12.5 Å². The van der Waals surface area contributed by atoms with Crippen molar-refractivity contribution in [3.63, 3.8) is 0 Å². The number of thiocarbonyl (C=S) groups is 1. The molecule has 3 fully saturated rings. The van der Waals surface area contributed by atoms with Gasteiger partial charge in [-0.1, -0.05) is 84.6 Å². The number of nitrogens with zero attached hydrogens (tertiary/aromatic N) is 4. The first-order valence-corrected chi connectivity index (χ1v) is 19.0. The Bertz CT molecular complexity index is 1990. The molecule has 4 aromatic rings. The summed E-state index contributed by atoms with van der Waals surface area (Å²) in [6.45, 7) is 2.65. The summed E-state index contributed by atoms with van der Waals surface area (Å²) in [5, 5.41) is 10.3. The largest absolute Gasteiger partial charge is 0.480 e. The van der Waals surface area contributed by atoms with E-state index in [1.54, 1.807) is 9.80 Å². The van der Waals surface area contributed by atoms with E-state index >= 15 is 0 Å². The molecule has 2 saturated heterocycles. The molecule has 0 aromatic heterocycles. The van der Waals surface area contributed by atoms with Crippen LogP contribution in [0.3, 0.4) is 0 Å². The summed E-state index contributed by atoms with van der Waals surface area (Å²) >= 11 is 8.19. The molecule has 1 amide bonds. The van der Waals surface area contributed by atoms with Crippen molar-refractivity contribution in [2.75, 3.05) is 29.4 Å². The lowest BCUT2D eigenvalue weighted by Gasteiger charge is -2.29. The van der Waals surface area contributed by atoms with Gasteiger partial charge in [0, 0.05) is 51.8 Å². The van der Waals surface area contributed by atoms with Crippen LogP contribution in [-0.2, 0) is 9.59 Å². The number of anilines is 5. The molecule has 10 heteroatoms. The molecule has 4 aliphatic rings. The number of hydrogen-bond acceptors (Lipinski definition) is 8. The summed E-state index contributed by atoms with van der Waals surface area (Å²) in [7, 11) is 0. The van der Waals surface area contributed by atoms with E-state index in [1.807, 2.05) is 19.1 Å². The van der Waals surface area contributed by atoms with E-state index in [9.17, 15) is 14.7 Å². The molecule has 2 unspecified atom stereocenters. The Morgan fingerprint density at radius 2 is 1.60 bits per heavy atom. The molecule has 0 bridgehead atoms. The number of carboxylic acid groups (broad SMARTS) is 1. The minimum Gasteiger partial charge on any atom is -0.480 e. The fourth-order valence-electron chi connectivity index (χ4n) is 7.69. The van der Waals surface area contributed by atoms with Crippen LogP contribution in [0.2, 0.25) is 0 Å². The Labute approximate surface area is 306 Å². The van der Waals surface area contributed by atoms with Gasteiger partial charge in [0.25, 0.3) is 5.91 Å². The fourth-order valence-corrected chi connectivity index (χ4v) is 10.4. The number of hydrogen-bond donors (Lipinski definition) is 1. The molecular weight excluding hydrogens is 681 g/mol. The Morgan fingerprint density at radius 1 is 0.920 bits per heavy atom. The minimum atomic E-state index is -0.930. The molecule has 50 heavy (non-hydrogen) atoms. The van der Waals surface area contributed by atoms with Crippen LogP contribution in [0.5, 0.6) is 0 Å². The van der Waals surface area contributed by atoms with E-state index in [2.05, 4.69) is 107 Å². The highest BCUT2D eigenvalue weighted by Crippen LogP contribution is 2.53. The maximum absolute atomic E-state index is 13.1. The van der Waals surface area contributed by atoms with Gasteiger partial charge in [-0.25, -0.2) is 0 Å². The maximum Gasteiger partial charge on any atom is 0.323 e. The number of fused-ring (bicyclic) bond motifs is 3. The Hall–Kier alpha value is -4.51. The zero-order valence-electron chi connectivity index (χ0n) is 27.6. The summed E-state index contributed by atoms with van der Waals surface area (Å²) in [4.78, 5) is 34.6. The van der Waals surface area contributed by atoms with Crippen molar-refractivity contribution in [3.05, 3.63) is 129 Å². The number of carbonyl (C=O) groups is 2. The Balaban J connectivity index is 1.09. The standard InChI is InChI=1S/C40H36N4O3S3/c1-2-42-38(47)37(50-40(42)48)39-41(25-36(45)46)24-31(49-39)22-26-16-21-35-33(23-26)32-14-9-15-34(32)44(35)30-19-17-29(18-20-30)43(27-10-5-3-6-11-27)28-12-7-4-8-13-28/h3-8,10-13,16-23,32,34H,2,9,14-15,24-25H2,1H3,(H,45,46)/b31-22+,39-37-. The molecule has 4 aromatic carbocycles. The number of amides is 1. The van der Waals surface area contributed by atoms with E-state index in [0.29, 0.717) is 39.3 Å². The predicted octanol–water partition coefficient (Wildman–Crippen LogP) is 9.47. The van der Waals surface area contributed by atoms with Crippen LogP contribution in [0.15, 0.2) is 118 Å². The van der Waals surface area contributed by atoms with Crippen molar-refractivity contribution in [2.24, 2.45) is 0 Å². The lowest BCUT2D eigenvalue weighted by Crippen LogP contribution is -2.29. The number of aliphatic carboxylic acids is 1. The summed E-state index contributed by atoms with van der Waals surface area (Å²) in [6.07, 6.45) is 5.66. The van der Waals surface area contributed by atoms with Gasteiger partial charge in [-0.2, -0.15) is 0 Å². The minimum absolute atomic E-state index is 0.146. The molecule has 1 N–H and O–H groups in total. The molecule has 3 heterocycles. The zero-order valence-corrected chi connectivity index (χ0v) is 30.0. The normalized spacial score (nSPS) is 22.1. The van der Waals surface area contributed by atoms with Crippen LogP contribution in [0, 0.1) is 0 Å². The average molecular weight is 717 g/mol. The summed E-state index contributed by atoms with van der Waals surface area (Å²) in [5.74, 6) is -0.618. The first kappa shape index (κ1) is 32.7. The monoisotopic (exact) mass is 716 g/mol. The summed E-state index contributed by atoms with van der Waals surface area (Å²) in [5.41, 5.74) is 8.26. The van der Waals surface area contributed by atoms with Crippen molar-refractivity contribution in [1.82, 2.24) is 9.80 Å². The van der Waals surface area contributed by atoms with Gasteiger partial charge in [-0.15, -0.1) is 0 Å². The quantitative estimate of drug-likeness (QED) is 0.142. The van der Waals surface area contributed by atoms with Crippen molar-refractivity contribution in [3.8, 4) is 0 Å². The summed E-state index contributed by atoms with van der Waals surface area (Å²) in [6, 6.07) is 37.0. The summed E-state index contributed by atoms with van der Waals surface area (Å²) < 4.78 is 0.516. The molecule has 2 atom stereocenters. The molecule has 8 rings (SSSR count). The van der Waals surface area contributed by atoms with Gasteiger partial charge >= 0.3 is 5.97 Å². The molecule has 1 aliphatic carbocycles. The number of carbonyl (C=O) groups excluding carboxylic acids is 1. The highest BCUT2D eigenvalue weighted by molar-refractivity contribution is 8.27. The van der Waals surface area contributed by atoms with Crippen LogP contribution in [-0.4, -0.2) is 56.8 Å². The molecule has 1 saturated carbocycles. The van der Waals surface area contributed by atoms with Gasteiger partial charge in [0.1, 0.15) is 15.8 Å². The van der Waals surface area contributed by atoms with Gasteiger partial charge in [0.2, 0.25) is 0 Å². The second-order valence-electron chi connectivity index (χ2n) is 12.8. The third-order valence-corrected chi connectivity index (χ3v) is 12.5. The van der Waals surface area contributed by atoms with Crippen molar-refractivity contribution in [1.29, 1.82) is 0 Å². The molecule has 0 spiro atoms. The van der Waals surface area contributed by atoms with E-state index in [0.717, 1.165) is 40.4 Å². The van der Waals surface area contributed by atoms with Gasteiger partial charge in [-0.3, -0.25) is 14.5 Å². The second-order valence-corrected chi connectivity index (χ2v) is 15.6. The highest BCUT2D eigenvalue weighted by Gasteiger charge is 2.42. The number of para-hydroxylation sites is 2. The molecular formula is C40H36N4O3S3. The predicted molar refractivity (Wildman–Crippen MR) is 209 cm³/mol. The third-order valence-electron chi connectivity index (χ3n) is 9.81. The molecule has 0 radical (unpaired) electrons. The second kappa shape index (κ2) is 13.7. The van der Waals surface area contributed by atoms with Crippen LogP contribution in [0.25, 0.3) is 6.08 Å². The van der Waals surface area contributed by atoms with E-state index < -0.39 is 5.97 Å². The number of likely N-dealkylation sites (N-methyl/N-ethyl adjacent to an activating group) is 1. The number of benzene rings is 4. The van der Waals surface area contributed by atoms with Gasteiger partial charge in [-0.05, 0) is 97.6 Å². The first-order chi connectivity index (χ1) is 24.4. The maximum atomic E-state index is 13.1. The number of carboxylic acids is 1. The molecule has 7 nitrogen and oxygen atoms in total. The molecule has 252 valence electrons. The van der Waals surface area contributed by atoms with Crippen LogP contribution >= 0.6 is 35.7 Å². The SMILES string of the molecule is CCN1C(=O)/C(=C2/S/C(=C/c3ccc4c(c3)C3CCCC3N4c3ccc(N(c4ccccc4)c4ccccc4)cc3)CN2CC(=O)O)SC1=S. The van der Waals surface area contributed by atoms with Crippen molar-refractivity contribution < 1.29 is 14.7 Å². The van der Waals surface area contributed by atoms with E-state index in [4.69, 9.17) is 12.2 Å². The van der Waals surface area contributed by atoms with Gasteiger partial charge in [0.05, 0.1) is 11.6 Å². The molecule has 3 aliphatic heterocycles. The zero-order chi connectivity index (χ0) is 34.4. The number of rotatable bonds is 8. The fraction of sp³-hybridized carbons (Fsp3) is 0.225. The average Bonchev–Trinajstić information content (AvgIpc) is 3.89.